The predicted molar refractivity (Wildman–Crippen MR) is 109 cm³/mol. The summed E-state index contributed by atoms with van der Waals surface area (Å²) in [5.41, 5.74) is 2.42. The molecule has 0 aliphatic heterocycles. The second kappa shape index (κ2) is 7.44. The lowest BCUT2D eigenvalue weighted by Gasteiger charge is -2.09. The number of carbonyl (C=O) groups is 1. The van der Waals surface area contributed by atoms with Gasteiger partial charge in [0.2, 0.25) is 0 Å². The van der Waals surface area contributed by atoms with Gasteiger partial charge in [-0.05, 0) is 49.8 Å². The van der Waals surface area contributed by atoms with Crippen molar-refractivity contribution in [2.75, 3.05) is 6.61 Å². The van der Waals surface area contributed by atoms with E-state index in [0.717, 1.165) is 16.6 Å². The summed E-state index contributed by atoms with van der Waals surface area (Å²) in [6, 6.07) is 14.8. The highest BCUT2D eigenvalue weighted by Gasteiger charge is 2.10. The van der Waals surface area contributed by atoms with Crippen LogP contribution in [0.5, 0.6) is 5.75 Å². The number of para-hydroxylation sites is 2. The van der Waals surface area contributed by atoms with Crippen LogP contribution >= 0.6 is 11.3 Å². The lowest BCUT2D eigenvalue weighted by Crippen LogP contribution is -2.22. The Bertz CT molecular complexity index is 1260. The first kappa shape index (κ1) is 18.2. The van der Waals surface area contributed by atoms with E-state index in [9.17, 15) is 9.59 Å². The molecule has 4 rings (SSSR count). The van der Waals surface area contributed by atoms with Crippen LogP contribution < -0.4 is 14.8 Å². The summed E-state index contributed by atoms with van der Waals surface area (Å²) >= 11 is 1.36. The lowest BCUT2D eigenvalue weighted by molar-refractivity contribution is -0.149. The maximum atomic E-state index is 12.8. The molecule has 0 saturated heterocycles. The molecule has 2 aromatic carbocycles. The molecule has 0 saturated carbocycles. The Morgan fingerprint density at radius 3 is 2.68 bits per heavy atom. The highest BCUT2D eigenvalue weighted by Crippen LogP contribution is 2.16. The van der Waals surface area contributed by atoms with E-state index in [-0.39, 0.29) is 18.3 Å². The van der Waals surface area contributed by atoms with Crippen LogP contribution in [-0.2, 0) is 9.53 Å². The zero-order valence-electron chi connectivity index (χ0n) is 15.4. The van der Waals surface area contributed by atoms with Gasteiger partial charge in [-0.1, -0.05) is 35.6 Å². The number of esters is 1. The Balaban J connectivity index is 1.57. The van der Waals surface area contributed by atoms with E-state index in [4.69, 9.17) is 9.47 Å². The smallest absolute Gasteiger partial charge is 0.344 e. The van der Waals surface area contributed by atoms with Gasteiger partial charge in [-0.3, -0.25) is 4.79 Å². The molecule has 0 aliphatic carbocycles. The third-order valence-electron chi connectivity index (χ3n) is 4.05. The van der Waals surface area contributed by atoms with Gasteiger partial charge in [-0.25, -0.2) is 14.2 Å². The first-order valence-corrected chi connectivity index (χ1v) is 9.67. The molecular formula is C21H18N2O4S. The summed E-state index contributed by atoms with van der Waals surface area (Å²) in [5, 5.41) is 0. The molecule has 0 atom stereocenters. The average molecular weight is 394 g/mol. The van der Waals surface area contributed by atoms with Gasteiger partial charge in [0.05, 0.1) is 21.7 Å². The van der Waals surface area contributed by atoms with Crippen molar-refractivity contribution in [3.63, 3.8) is 0 Å². The SMILES string of the molecule is CC(C)OC(=O)COc1ccc(/C=c2\sc3nc4ccccc4n3c2=O)cc1. The Morgan fingerprint density at radius 2 is 1.93 bits per heavy atom. The van der Waals surface area contributed by atoms with Crippen LogP contribution in [0.1, 0.15) is 19.4 Å². The van der Waals surface area contributed by atoms with Crippen molar-refractivity contribution in [1.82, 2.24) is 9.38 Å². The second-order valence-electron chi connectivity index (χ2n) is 6.53. The minimum Gasteiger partial charge on any atom is -0.482 e. The van der Waals surface area contributed by atoms with E-state index in [2.05, 4.69) is 4.98 Å². The molecular weight excluding hydrogens is 376 g/mol. The van der Waals surface area contributed by atoms with Crippen molar-refractivity contribution in [3.8, 4) is 5.75 Å². The standard InChI is InChI=1S/C21H18N2O4S/c1-13(2)27-19(24)12-26-15-9-7-14(8-10-15)11-18-20(25)23-17-6-4-3-5-16(17)22-21(23)28-18/h3-11,13H,12H2,1-2H3/b18-11-. The van der Waals surface area contributed by atoms with Gasteiger partial charge in [0.1, 0.15) is 5.75 Å². The van der Waals surface area contributed by atoms with E-state index in [0.29, 0.717) is 15.2 Å². The number of ether oxygens (including phenoxy) is 2. The molecule has 0 bridgehead atoms. The maximum absolute atomic E-state index is 12.8. The molecule has 0 spiro atoms. The minimum absolute atomic E-state index is 0.0783. The van der Waals surface area contributed by atoms with Gasteiger partial charge < -0.3 is 9.47 Å². The number of hydrogen-bond acceptors (Lipinski definition) is 6. The molecule has 0 amide bonds. The van der Waals surface area contributed by atoms with Gasteiger partial charge in [0.15, 0.2) is 11.6 Å². The van der Waals surface area contributed by atoms with Crippen molar-refractivity contribution >= 4 is 39.4 Å². The number of hydrogen-bond donors (Lipinski definition) is 0. The van der Waals surface area contributed by atoms with Gasteiger partial charge in [0, 0.05) is 0 Å². The number of rotatable bonds is 5. The number of aromatic nitrogens is 2. The molecule has 7 heteroatoms. The maximum Gasteiger partial charge on any atom is 0.344 e. The van der Waals surface area contributed by atoms with Gasteiger partial charge >= 0.3 is 5.97 Å². The number of thiazole rings is 1. The van der Waals surface area contributed by atoms with Gasteiger partial charge in [-0.15, -0.1) is 0 Å². The highest BCUT2D eigenvalue weighted by molar-refractivity contribution is 7.15. The summed E-state index contributed by atoms with van der Waals surface area (Å²) in [6.07, 6.45) is 1.66. The number of nitrogens with zero attached hydrogens (tertiary/aromatic N) is 2. The van der Waals surface area contributed by atoms with Crippen LogP contribution in [0.15, 0.2) is 53.3 Å². The summed E-state index contributed by atoms with van der Waals surface area (Å²) in [7, 11) is 0. The summed E-state index contributed by atoms with van der Waals surface area (Å²) < 4.78 is 12.7. The summed E-state index contributed by atoms with van der Waals surface area (Å²) in [6.45, 7) is 3.44. The molecule has 4 aromatic rings. The normalized spacial score (nSPS) is 12.2. The quantitative estimate of drug-likeness (QED) is 0.487. The largest absolute Gasteiger partial charge is 0.482 e. The fraction of sp³-hybridized carbons (Fsp3) is 0.190. The number of benzene rings is 2. The Labute approximate surface area is 164 Å². The van der Waals surface area contributed by atoms with Crippen LogP contribution in [0.25, 0.3) is 22.1 Å². The fourth-order valence-corrected chi connectivity index (χ4v) is 3.85. The predicted octanol–water partition coefficient (Wildman–Crippen LogP) is 2.79. The lowest BCUT2D eigenvalue weighted by atomic mass is 10.2. The molecule has 0 unspecified atom stereocenters. The first-order chi connectivity index (χ1) is 13.5. The van der Waals surface area contributed by atoms with E-state index in [1.54, 1.807) is 30.4 Å². The van der Waals surface area contributed by atoms with Crippen molar-refractivity contribution in [2.45, 2.75) is 20.0 Å². The molecule has 0 N–H and O–H groups in total. The molecule has 28 heavy (non-hydrogen) atoms. The van der Waals surface area contributed by atoms with Crippen LogP contribution in [0.2, 0.25) is 0 Å². The van der Waals surface area contributed by atoms with Crippen molar-refractivity contribution in [3.05, 3.63) is 69.0 Å². The Hall–Kier alpha value is -3.19. The number of fused-ring (bicyclic) bond motifs is 3. The van der Waals surface area contributed by atoms with E-state index in [1.807, 2.05) is 42.5 Å². The summed E-state index contributed by atoms with van der Waals surface area (Å²) in [4.78, 5) is 29.5. The summed E-state index contributed by atoms with van der Waals surface area (Å²) in [5.74, 6) is 0.156. The zero-order valence-corrected chi connectivity index (χ0v) is 16.2. The van der Waals surface area contributed by atoms with Crippen LogP contribution in [0.3, 0.4) is 0 Å². The van der Waals surface area contributed by atoms with Crippen LogP contribution in [-0.4, -0.2) is 28.1 Å². The Morgan fingerprint density at radius 1 is 1.18 bits per heavy atom. The van der Waals surface area contributed by atoms with Crippen molar-refractivity contribution in [2.24, 2.45) is 0 Å². The molecule has 0 aliphatic rings. The monoisotopic (exact) mass is 394 g/mol. The van der Waals surface area contributed by atoms with Gasteiger partial charge in [-0.2, -0.15) is 0 Å². The third-order valence-corrected chi connectivity index (χ3v) is 5.02. The average Bonchev–Trinajstić information content (AvgIpc) is 3.17. The minimum atomic E-state index is -0.407. The van der Waals surface area contributed by atoms with E-state index >= 15 is 0 Å². The number of carbonyl (C=O) groups excluding carboxylic acids is 1. The van der Waals surface area contributed by atoms with Crippen molar-refractivity contribution < 1.29 is 14.3 Å². The highest BCUT2D eigenvalue weighted by atomic mass is 32.1. The molecule has 6 nitrogen and oxygen atoms in total. The molecule has 0 radical (unpaired) electrons. The van der Waals surface area contributed by atoms with E-state index < -0.39 is 5.97 Å². The second-order valence-corrected chi connectivity index (χ2v) is 7.54. The first-order valence-electron chi connectivity index (χ1n) is 8.85. The van der Waals surface area contributed by atoms with Crippen LogP contribution in [0, 0.1) is 0 Å². The van der Waals surface area contributed by atoms with Crippen molar-refractivity contribution in [1.29, 1.82) is 0 Å². The molecule has 142 valence electrons. The number of imidazole rings is 1. The fourth-order valence-electron chi connectivity index (χ4n) is 2.86. The Kier molecular flexibility index (Phi) is 4.83. The van der Waals surface area contributed by atoms with E-state index in [1.165, 1.54) is 11.3 Å². The van der Waals surface area contributed by atoms with Gasteiger partial charge in [0.25, 0.3) is 5.56 Å². The zero-order chi connectivity index (χ0) is 19.7. The third kappa shape index (κ3) is 3.61. The topological polar surface area (TPSA) is 69.9 Å². The van der Waals surface area contributed by atoms with Crippen LogP contribution in [0.4, 0.5) is 0 Å². The molecule has 2 aromatic heterocycles. The molecule has 0 fully saturated rings. The molecule has 2 heterocycles.